The molecule has 1 N–H and O–H groups in total. The van der Waals surface area contributed by atoms with Crippen LogP contribution in [0.4, 0.5) is 0 Å². The largest absolute Gasteiger partial charge is 0.453 e. The fraction of sp³-hybridized carbons (Fsp3) is 0.478. The van der Waals surface area contributed by atoms with Crippen LogP contribution in [-0.2, 0) is 19.1 Å². The molecule has 4 atom stereocenters. The standard InChI is InChI=1S/C23H26N2O5/c1-12-19(17-10-6-7-11-18(17)24-12)20(26)14(3)30-23(29)13(2)25-21(27)15-8-4-5-9-16(15)22(25)28/h6-7,10-11,13-16,24H,4-5,8-9H2,1-3H3. The lowest BCUT2D eigenvalue weighted by Crippen LogP contribution is -2.45. The van der Waals surface area contributed by atoms with Gasteiger partial charge in [-0.05, 0) is 39.7 Å². The lowest BCUT2D eigenvalue weighted by atomic mass is 9.81. The summed E-state index contributed by atoms with van der Waals surface area (Å²) < 4.78 is 5.42. The molecule has 4 unspecified atom stereocenters. The van der Waals surface area contributed by atoms with E-state index in [0.29, 0.717) is 24.1 Å². The number of amides is 2. The quantitative estimate of drug-likeness (QED) is 0.464. The third kappa shape index (κ3) is 3.22. The van der Waals surface area contributed by atoms with Gasteiger partial charge in [0, 0.05) is 22.2 Å². The van der Waals surface area contributed by atoms with E-state index in [1.807, 2.05) is 24.3 Å². The molecule has 158 valence electrons. The molecule has 1 aromatic heterocycles. The first-order chi connectivity index (χ1) is 14.3. The summed E-state index contributed by atoms with van der Waals surface area (Å²) in [6, 6.07) is 6.39. The zero-order chi connectivity index (χ0) is 21.6. The molecule has 2 amide bonds. The van der Waals surface area contributed by atoms with Crippen LogP contribution in [0.5, 0.6) is 0 Å². The van der Waals surface area contributed by atoms with E-state index in [0.717, 1.165) is 28.6 Å². The Bertz CT molecular complexity index is 1020. The number of para-hydroxylation sites is 1. The number of carbonyl (C=O) groups excluding carboxylic acids is 4. The van der Waals surface area contributed by atoms with Gasteiger partial charge in [-0.3, -0.25) is 19.3 Å². The number of Topliss-reactive ketones (excluding diaryl/α,β-unsaturated/α-hetero) is 1. The number of aryl methyl sites for hydroxylation is 1. The zero-order valence-electron chi connectivity index (χ0n) is 17.4. The Morgan fingerprint density at radius 1 is 1.07 bits per heavy atom. The third-order valence-electron chi connectivity index (χ3n) is 6.41. The lowest BCUT2D eigenvalue weighted by Gasteiger charge is -2.23. The number of rotatable bonds is 5. The van der Waals surface area contributed by atoms with Gasteiger partial charge in [0.2, 0.25) is 17.6 Å². The maximum atomic E-state index is 13.0. The molecule has 1 aliphatic heterocycles. The minimum atomic E-state index is -1.05. The number of fused-ring (bicyclic) bond motifs is 2. The Morgan fingerprint density at radius 3 is 2.30 bits per heavy atom. The molecule has 2 aromatic rings. The maximum absolute atomic E-state index is 13.0. The van der Waals surface area contributed by atoms with Crippen LogP contribution in [0, 0.1) is 18.8 Å². The summed E-state index contributed by atoms with van der Waals surface area (Å²) in [4.78, 5) is 55.4. The number of likely N-dealkylation sites (tertiary alicyclic amines) is 1. The van der Waals surface area contributed by atoms with E-state index in [1.54, 1.807) is 6.92 Å². The van der Waals surface area contributed by atoms with Gasteiger partial charge >= 0.3 is 5.97 Å². The molecule has 7 heteroatoms. The Morgan fingerprint density at radius 2 is 1.67 bits per heavy atom. The molecule has 0 radical (unpaired) electrons. The third-order valence-corrected chi connectivity index (χ3v) is 6.41. The summed E-state index contributed by atoms with van der Waals surface area (Å²) >= 11 is 0. The van der Waals surface area contributed by atoms with Gasteiger partial charge in [-0.2, -0.15) is 0 Å². The topological polar surface area (TPSA) is 96.5 Å². The van der Waals surface area contributed by atoms with E-state index in [9.17, 15) is 19.2 Å². The van der Waals surface area contributed by atoms with Crippen molar-refractivity contribution in [3.05, 3.63) is 35.5 Å². The van der Waals surface area contributed by atoms with E-state index in [4.69, 9.17) is 4.74 Å². The van der Waals surface area contributed by atoms with Crippen molar-refractivity contribution in [2.75, 3.05) is 0 Å². The molecule has 0 spiro atoms. The van der Waals surface area contributed by atoms with Crippen LogP contribution in [0.2, 0.25) is 0 Å². The number of carbonyl (C=O) groups is 4. The second kappa shape index (κ2) is 7.70. The van der Waals surface area contributed by atoms with Crippen molar-refractivity contribution in [2.45, 2.75) is 58.6 Å². The highest BCUT2D eigenvalue weighted by atomic mass is 16.5. The average Bonchev–Trinajstić information content (AvgIpc) is 3.20. The molecule has 2 aliphatic rings. The van der Waals surface area contributed by atoms with Crippen LogP contribution < -0.4 is 0 Å². The van der Waals surface area contributed by atoms with Crippen molar-refractivity contribution >= 4 is 34.5 Å². The van der Waals surface area contributed by atoms with E-state index < -0.39 is 18.1 Å². The number of nitrogens with zero attached hydrogens (tertiary/aromatic N) is 1. The van der Waals surface area contributed by atoms with Gasteiger partial charge in [-0.15, -0.1) is 0 Å². The summed E-state index contributed by atoms with van der Waals surface area (Å²) in [6.45, 7) is 4.80. The SMILES string of the molecule is Cc1[nH]c2ccccc2c1C(=O)C(C)OC(=O)C(C)N1C(=O)C2CCCCC2C1=O. The molecule has 7 nitrogen and oxygen atoms in total. The first kappa shape index (κ1) is 20.3. The Labute approximate surface area is 174 Å². The van der Waals surface area contributed by atoms with Gasteiger partial charge in [0.1, 0.15) is 6.04 Å². The predicted octanol–water partition coefficient (Wildman–Crippen LogP) is 3.15. The summed E-state index contributed by atoms with van der Waals surface area (Å²) in [5, 5.41) is 0.768. The fourth-order valence-corrected chi connectivity index (χ4v) is 4.80. The molecule has 2 fully saturated rings. The molecule has 1 aliphatic carbocycles. The number of benzene rings is 1. The Balaban J connectivity index is 1.49. The molecule has 30 heavy (non-hydrogen) atoms. The Kier molecular flexibility index (Phi) is 5.22. The van der Waals surface area contributed by atoms with Crippen molar-refractivity contribution in [3.8, 4) is 0 Å². The fourth-order valence-electron chi connectivity index (χ4n) is 4.80. The monoisotopic (exact) mass is 410 g/mol. The molecular formula is C23H26N2O5. The number of nitrogens with one attached hydrogen (secondary N) is 1. The van der Waals surface area contributed by atoms with Crippen molar-refractivity contribution in [3.63, 3.8) is 0 Å². The number of esters is 1. The number of hydrogen-bond acceptors (Lipinski definition) is 5. The number of ether oxygens (including phenoxy) is 1. The highest BCUT2D eigenvalue weighted by molar-refractivity contribution is 6.12. The van der Waals surface area contributed by atoms with Crippen molar-refractivity contribution < 1.29 is 23.9 Å². The van der Waals surface area contributed by atoms with Crippen LogP contribution >= 0.6 is 0 Å². The summed E-state index contributed by atoms with van der Waals surface area (Å²) in [6.07, 6.45) is 2.17. The summed E-state index contributed by atoms with van der Waals surface area (Å²) in [5.74, 6) is -2.29. The second-order valence-electron chi connectivity index (χ2n) is 8.33. The van der Waals surface area contributed by atoms with Crippen molar-refractivity contribution in [2.24, 2.45) is 11.8 Å². The van der Waals surface area contributed by atoms with Crippen LogP contribution in [0.25, 0.3) is 10.9 Å². The molecule has 1 saturated carbocycles. The van der Waals surface area contributed by atoms with E-state index in [-0.39, 0.29) is 29.4 Å². The second-order valence-corrected chi connectivity index (χ2v) is 8.33. The van der Waals surface area contributed by atoms with Crippen LogP contribution in [-0.4, -0.2) is 45.6 Å². The molecule has 0 bridgehead atoms. The van der Waals surface area contributed by atoms with E-state index in [2.05, 4.69) is 4.98 Å². The summed E-state index contributed by atoms with van der Waals surface area (Å²) in [7, 11) is 0. The molecule has 4 rings (SSSR count). The number of imide groups is 1. The maximum Gasteiger partial charge on any atom is 0.329 e. The normalized spacial score (nSPS) is 23.4. The first-order valence-electron chi connectivity index (χ1n) is 10.5. The minimum Gasteiger partial charge on any atom is -0.453 e. The number of aromatic amines is 1. The number of H-pyrrole nitrogens is 1. The van der Waals surface area contributed by atoms with Crippen molar-refractivity contribution in [1.29, 1.82) is 0 Å². The Hall–Kier alpha value is -2.96. The molecular weight excluding hydrogens is 384 g/mol. The highest BCUT2D eigenvalue weighted by Crippen LogP contribution is 2.39. The number of aromatic nitrogens is 1. The molecule has 1 saturated heterocycles. The van der Waals surface area contributed by atoms with Gasteiger partial charge < -0.3 is 9.72 Å². The van der Waals surface area contributed by atoms with E-state index in [1.165, 1.54) is 13.8 Å². The van der Waals surface area contributed by atoms with Crippen molar-refractivity contribution in [1.82, 2.24) is 9.88 Å². The molecule has 1 aromatic carbocycles. The van der Waals surface area contributed by atoms with Gasteiger partial charge in [0.15, 0.2) is 6.10 Å². The van der Waals surface area contributed by atoms with Gasteiger partial charge in [-0.25, -0.2) is 4.79 Å². The highest BCUT2D eigenvalue weighted by Gasteiger charge is 2.51. The predicted molar refractivity (Wildman–Crippen MR) is 110 cm³/mol. The summed E-state index contributed by atoms with van der Waals surface area (Å²) in [5.41, 5.74) is 2.02. The van der Waals surface area contributed by atoms with Crippen LogP contribution in [0.1, 0.15) is 55.6 Å². The zero-order valence-corrected chi connectivity index (χ0v) is 17.4. The smallest absolute Gasteiger partial charge is 0.329 e. The first-order valence-corrected chi connectivity index (χ1v) is 10.5. The van der Waals surface area contributed by atoms with Gasteiger partial charge in [0.25, 0.3) is 0 Å². The van der Waals surface area contributed by atoms with Gasteiger partial charge in [0.05, 0.1) is 11.8 Å². The minimum absolute atomic E-state index is 0.291. The van der Waals surface area contributed by atoms with Gasteiger partial charge in [-0.1, -0.05) is 31.0 Å². The van der Waals surface area contributed by atoms with E-state index >= 15 is 0 Å². The number of hydrogen-bond donors (Lipinski definition) is 1. The number of ketones is 1. The lowest BCUT2D eigenvalue weighted by molar-refractivity contribution is -0.159. The molecule has 2 heterocycles. The average molecular weight is 410 g/mol. The van der Waals surface area contributed by atoms with Crippen LogP contribution in [0.3, 0.4) is 0 Å². The van der Waals surface area contributed by atoms with Crippen LogP contribution in [0.15, 0.2) is 24.3 Å².